The Hall–Kier alpha value is -0.940. The summed E-state index contributed by atoms with van der Waals surface area (Å²) in [7, 11) is 0. The third kappa shape index (κ3) is 1.82. The Morgan fingerprint density at radius 2 is 1.79 bits per heavy atom. The average Bonchev–Trinajstić information content (AvgIpc) is 2.86. The number of nitrogens with one attached hydrogen (secondary N) is 1. The van der Waals surface area contributed by atoms with Crippen molar-refractivity contribution in [1.29, 1.82) is 0 Å². The van der Waals surface area contributed by atoms with Gasteiger partial charge in [0, 0.05) is 5.92 Å². The minimum absolute atomic E-state index is 0.0982. The highest BCUT2D eigenvalue weighted by Crippen LogP contribution is 2.59. The van der Waals surface area contributed by atoms with E-state index in [9.17, 15) is 0 Å². The lowest BCUT2D eigenvalue weighted by atomic mass is 9.52. The second-order valence-corrected chi connectivity index (χ2v) is 6.82. The van der Waals surface area contributed by atoms with Crippen molar-refractivity contribution in [1.82, 2.24) is 15.2 Å². The first-order valence-electron chi connectivity index (χ1n) is 7.53. The number of aliphatic hydroxyl groups excluding tert-OH is 1. The summed E-state index contributed by atoms with van der Waals surface area (Å²) in [6, 6.07) is -0.457. The molecule has 1 unspecified atom stereocenters. The van der Waals surface area contributed by atoms with Crippen LogP contribution in [0.1, 0.15) is 55.7 Å². The molecular weight excluding hydrogens is 240 g/mol. The predicted molar refractivity (Wildman–Crippen MR) is 70.2 cm³/mol. The molecule has 4 aliphatic rings. The Kier molecular flexibility index (Phi) is 2.67. The van der Waals surface area contributed by atoms with Crippen molar-refractivity contribution >= 4 is 0 Å². The molecule has 0 spiro atoms. The van der Waals surface area contributed by atoms with E-state index >= 15 is 0 Å². The van der Waals surface area contributed by atoms with E-state index in [2.05, 4.69) is 15.2 Å². The van der Waals surface area contributed by atoms with Crippen LogP contribution in [0, 0.1) is 23.7 Å². The van der Waals surface area contributed by atoms with Gasteiger partial charge in [0.1, 0.15) is 5.82 Å². The van der Waals surface area contributed by atoms with Gasteiger partial charge in [0.25, 0.3) is 0 Å². The minimum atomic E-state index is -0.457. The SMILES string of the molecule is NC(CO)c1n[nH]c(C2C3CC4CC(C3)CC2C4)n1. The first-order valence-corrected chi connectivity index (χ1v) is 7.53. The van der Waals surface area contributed by atoms with Crippen molar-refractivity contribution in [2.75, 3.05) is 6.61 Å². The van der Waals surface area contributed by atoms with Crippen LogP contribution in [0.2, 0.25) is 0 Å². The number of aromatic amines is 1. The van der Waals surface area contributed by atoms with Crippen LogP contribution in [0.15, 0.2) is 0 Å². The van der Waals surface area contributed by atoms with Gasteiger partial charge in [-0.05, 0) is 55.8 Å². The lowest BCUT2D eigenvalue weighted by Crippen LogP contribution is -2.44. The first-order chi connectivity index (χ1) is 9.24. The highest BCUT2D eigenvalue weighted by Gasteiger charge is 2.49. The van der Waals surface area contributed by atoms with E-state index in [4.69, 9.17) is 10.8 Å². The van der Waals surface area contributed by atoms with Crippen molar-refractivity contribution < 1.29 is 5.11 Å². The maximum atomic E-state index is 9.09. The lowest BCUT2D eigenvalue weighted by Gasteiger charge is -2.53. The number of hydrogen-bond acceptors (Lipinski definition) is 4. The van der Waals surface area contributed by atoms with E-state index in [0.29, 0.717) is 11.7 Å². The minimum Gasteiger partial charge on any atom is -0.394 e. The topological polar surface area (TPSA) is 87.8 Å². The average molecular weight is 262 g/mol. The van der Waals surface area contributed by atoms with E-state index in [-0.39, 0.29) is 6.61 Å². The molecule has 0 amide bonds. The largest absolute Gasteiger partial charge is 0.394 e. The van der Waals surface area contributed by atoms with E-state index in [1.165, 1.54) is 32.1 Å². The Balaban J connectivity index is 1.60. The molecule has 1 heterocycles. The number of H-pyrrole nitrogens is 1. The molecule has 4 saturated carbocycles. The quantitative estimate of drug-likeness (QED) is 0.767. The van der Waals surface area contributed by atoms with Gasteiger partial charge < -0.3 is 10.8 Å². The monoisotopic (exact) mass is 262 g/mol. The van der Waals surface area contributed by atoms with Gasteiger partial charge in [-0.2, -0.15) is 5.10 Å². The molecule has 19 heavy (non-hydrogen) atoms. The fourth-order valence-corrected chi connectivity index (χ4v) is 5.06. The molecule has 5 nitrogen and oxygen atoms in total. The molecule has 4 N–H and O–H groups in total. The van der Waals surface area contributed by atoms with Gasteiger partial charge in [-0.1, -0.05) is 0 Å². The fraction of sp³-hybridized carbons (Fsp3) is 0.857. The summed E-state index contributed by atoms with van der Waals surface area (Å²) in [4.78, 5) is 4.58. The van der Waals surface area contributed by atoms with Crippen molar-refractivity contribution in [2.24, 2.45) is 29.4 Å². The lowest BCUT2D eigenvalue weighted by molar-refractivity contribution is -0.00556. The Labute approximate surface area is 113 Å². The van der Waals surface area contributed by atoms with E-state index < -0.39 is 6.04 Å². The molecule has 0 radical (unpaired) electrons. The van der Waals surface area contributed by atoms with Gasteiger partial charge >= 0.3 is 0 Å². The molecule has 0 aliphatic heterocycles. The molecule has 104 valence electrons. The van der Waals surface area contributed by atoms with Crippen LogP contribution in [0.25, 0.3) is 0 Å². The summed E-state index contributed by atoms with van der Waals surface area (Å²) in [5.74, 6) is 5.67. The summed E-state index contributed by atoms with van der Waals surface area (Å²) < 4.78 is 0. The van der Waals surface area contributed by atoms with E-state index in [1.807, 2.05) is 0 Å². The summed E-state index contributed by atoms with van der Waals surface area (Å²) in [6.45, 7) is -0.0982. The number of nitrogens with zero attached hydrogens (tertiary/aromatic N) is 2. The molecule has 1 aromatic heterocycles. The summed E-state index contributed by atoms with van der Waals surface area (Å²) in [5, 5.41) is 16.4. The zero-order valence-electron chi connectivity index (χ0n) is 11.1. The van der Waals surface area contributed by atoms with E-state index in [0.717, 1.165) is 29.5 Å². The maximum absolute atomic E-state index is 9.09. The fourth-order valence-electron chi connectivity index (χ4n) is 5.06. The summed E-state index contributed by atoms with van der Waals surface area (Å²) in [5.41, 5.74) is 5.79. The van der Waals surface area contributed by atoms with Gasteiger partial charge in [-0.3, -0.25) is 5.10 Å². The van der Waals surface area contributed by atoms with Gasteiger partial charge in [0.2, 0.25) is 0 Å². The van der Waals surface area contributed by atoms with Gasteiger partial charge in [-0.25, -0.2) is 4.98 Å². The number of hydrogen-bond donors (Lipinski definition) is 3. The highest BCUT2D eigenvalue weighted by molar-refractivity contribution is 5.11. The van der Waals surface area contributed by atoms with Crippen LogP contribution in [0.5, 0.6) is 0 Å². The first kappa shape index (κ1) is 11.9. The summed E-state index contributed by atoms with van der Waals surface area (Å²) in [6.07, 6.45) is 6.97. The third-order valence-corrected chi connectivity index (χ3v) is 5.59. The molecule has 0 aromatic carbocycles. The van der Waals surface area contributed by atoms with Gasteiger partial charge in [0.05, 0.1) is 12.6 Å². The molecule has 0 saturated heterocycles. The summed E-state index contributed by atoms with van der Waals surface area (Å²) >= 11 is 0. The standard InChI is InChI=1S/C14H22N4O/c15-11(6-19)13-16-14(18-17-13)12-9-2-7-1-8(4-9)5-10(12)3-7/h7-12,19H,1-6,15H2,(H,16,17,18). The normalized spacial score (nSPS) is 41.7. The third-order valence-electron chi connectivity index (χ3n) is 5.59. The van der Waals surface area contributed by atoms with Crippen LogP contribution < -0.4 is 5.73 Å². The Morgan fingerprint density at radius 1 is 1.16 bits per heavy atom. The molecule has 1 atom stereocenters. The molecule has 4 bridgehead atoms. The molecule has 4 fully saturated rings. The Bertz CT molecular complexity index is 444. The van der Waals surface area contributed by atoms with E-state index in [1.54, 1.807) is 0 Å². The molecular formula is C14H22N4O. The van der Waals surface area contributed by atoms with Crippen molar-refractivity contribution in [2.45, 2.75) is 44.1 Å². The van der Waals surface area contributed by atoms with Crippen molar-refractivity contribution in [3.8, 4) is 0 Å². The van der Waals surface area contributed by atoms with Crippen molar-refractivity contribution in [3.05, 3.63) is 11.6 Å². The van der Waals surface area contributed by atoms with Gasteiger partial charge in [0.15, 0.2) is 5.82 Å². The van der Waals surface area contributed by atoms with Crippen molar-refractivity contribution in [3.63, 3.8) is 0 Å². The second-order valence-electron chi connectivity index (χ2n) is 6.82. The van der Waals surface area contributed by atoms with Crippen LogP contribution in [-0.4, -0.2) is 26.9 Å². The Morgan fingerprint density at radius 3 is 2.37 bits per heavy atom. The molecule has 4 aliphatic carbocycles. The smallest absolute Gasteiger partial charge is 0.169 e. The zero-order chi connectivity index (χ0) is 13.0. The molecule has 5 heteroatoms. The van der Waals surface area contributed by atoms with Gasteiger partial charge in [-0.15, -0.1) is 0 Å². The number of aromatic nitrogens is 3. The zero-order valence-corrected chi connectivity index (χ0v) is 11.1. The predicted octanol–water partition coefficient (Wildman–Crippen LogP) is 1.34. The molecule has 5 rings (SSSR count). The number of aliphatic hydroxyl groups is 1. The van der Waals surface area contributed by atoms with Crippen LogP contribution in [0.3, 0.4) is 0 Å². The maximum Gasteiger partial charge on any atom is 0.169 e. The molecule has 1 aromatic rings. The second kappa shape index (κ2) is 4.28. The van der Waals surface area contributed by atoms with Crippen LogP contribution in [-0.2, 0) is 0 Å². The number of nitrogens with two attached hydrogens (primary N) is 1. The van der Waals surface area contributed by atoms with Crippen LogP contribution in [0.4, 0.5) is 0 Å². The highest BCUT2D eigenvalue weighted by atomic mass is 16.3. The number of rotatable bonds is 3. The van der Waals surface area contributed by atoms with Crippen LogP contribution >= 0.6 is 0 Å².